The van der Waals surface area contributed by atoms with E-state index in [0.717, 1.165) is 24.1 Å². The van der Waals surface area contributed by atoms with Crippen LogP contribution in [0.2, 0.25) is 0 Å². The Bertz CT molecular complexity index is 536. The van der Waals surface area contributed by atoms with Gasteiger partial charge in [0.15, 0.2) is 0 Å². The quantitative estimate of drug-likeness (QED) is 0.687. The zero-order valence-corrected chi connectivity index (χ0v) is 13.8. The summed E-state index contributed by atoms with van der Waals surface area (Å²) in [7, 11) is 0. The first-order valence-corrected chi connectivity index (χ1v) is 8.28. The molecule has 0 heterocycles. The highest BCUT2D eigenvalue weighted by Crippen LogP contribution is 2.30. The van der Waals surface area contributed by atoms with Crippen molar-refractivity contribution < 1.29 is 14.7 Å². The SMILES string of the molecule is CC(O)CC(C)CNC(=O)Cc1ccc(NC(=O)C2CC2)cc1. The van der Waals surface area contributed by atoms with Crippen molar-refractivity contribution in [2.24, 2.45) is 11.8 Å². The van der Waals surface area contributed by atoms with E-state index in [1.165, 1.54) is 0 Å². The van der Waals surface area contributed by atoms with Gasteiger partial charge in [-0.05, 0) is 49.8 Å². The van der Waals surface area contributed by atoms with Crippen LogP contribution in [-0.2, 0) is 16.0 Å². The number of benzene rings is 1. The Morgan fingerprint density at radius 1 is 1.22 bits per heavy atom. The minimum atomic E-state index is -0.347. The van der Waals surface area contributed by atoms with Gasteiger partial charge in [0.05, 0.1) is 12.5 Å². The monoisotopic (exact) mass is 318 g/mol. The summed E-state index contributed by atoms with van der Waals surface area (Å²) in [6.45, 7) is 4.32. The summed E-state index contributed by atoms with van der Waals surface area (Å²) in [5.41, 5.74) is 1.69. The molecule has 0 saturated heterocycles. The summed E-state index contributed by atoms with van der Waals surface area (Å²) in [6, 6.07) is 7.39. The normalized spacial score (nSPS) is 16.5. The number of anilines is 1. The van der Waals surface area contributed by atoms with E-state index in [-0.39, 0.29) is 29.8 Å². The summed E-state index contributed by atoms with van der Waals surface area (Å²) in [6.07, 6.45) is 2.61. The lowest BCUT2D eigenvalue weighted by molar-refractivity contribution is -0.120. The standard InChI is InChI=1S/C18H26N2O3/c1-12(9-13(2)21)11-19-17(22)10-14-3-7-16(8-4-14)20-18(23)15-5-6-15/h3-4,7-8,12-13,15,21H,5-6,9-11H2,1-2H3,(H,19,22)(H,20,23). The largest absolute Gasteiger partial charge is 0.393 e. The predicted octanol–water partition coefficient (Wildman–Crippen LogP) is 2.10. The van der Waals surface area contributed by atoms with Crippen LogP contribution < -0.4 is 10.6 Å². The van der Waals surface area contributed by atoms with E-state index in [2.05, 4.69) is 10.6 Å². The summed E-state index contributed by atoms with van der Waals surface area (Å²) < 4.78 is 0. The molecule has 2 rings (SSSR count). The predicted molar refractivity (Wildman–Crippen MR) is 90.0 cm³/mol. The van der Waals surface area contributed by atoms with Crippen LogP contribution in [0.3, 0.4) is 0 Å². The first-order chi connectivity index (χ1) is 10.9. The van der Waals surface area contributed by atoms with Crippen LogP contribution in [0.15, 0.2) is 24.3 Å². The fourth-order valence-corrected chi connectivity index (χ4v) is 2.50. The molecule has 1 saturated carbocycles. The Hall–Kier alpha value is -1.88. The molecular weight excluding hydrogens is 292 g/mol. The van der Waals surface area contributed by atoms with Crippen molar-refractivity contribution >= 4 is 17.5 Å². The molecule has 0 aromatic heterocycles. The highest BCUT2D eigenvalue weighted by Gasteiger charge is 2.29. The summed E-state index contributed by atoms with van der Waals surface area (Å²) in [5, 5.41) is 15.1. The molecule has 2 atom stereocenters. The van der Waals surface area contributed by atoms with Crippen molar-refractivity contribution in [1.29, 1.82) is 0 Å². The molecule has 5 heteroatoms. The molecule has 1 aromatic carbocycles. The second-order valence-electron chi connectivity index (χ2n) is 6.63. The third-order valence-electron chi connectivity index (χ3n) is 3.93. The van der Waals surface area contributed by atoms with Crippen LogP contribution in [0, 0.1) is 11.8 Å². The van der Waals surface area contributed by atoms with Crippen LogP contribution in [0.4, 0.5) is 5.69 Å². The zero-order chi connectivity index (χ0) is 16.8. The molecule has 23 heavy (non-hydrogen) atoms. The number of nitrogens with one attached hydrogen (secondary N) is 2. The van der Waals surface area contributed by atoms with Crippen LogP contribution in [-0.4, -0.2) is 29.6 Å². The molecule has 0 spiro atoms. The van der Waals surface area contributed by atoms with E-state index in [9.17, 15) is 14.7 Å². The smallest absolute Gasteiger partial charge is 0.227 e. The van der Waals surface area contributed by atoms with Crippen molar-refractivity contribution in [3.05, 3.63) is 29.8 Å². The molecule has 0 radical (unpaired) electrons. The molecule has 2 unspecified atom stereocenters. The van der Waals surface area contributed by atoms with Crippen molar-refractivity contribution in [1.82, 2.24) is 5.32 Å². The molecule has 1 aromatic rings. The number of amides is 2. The minimum absolute atomic E-state index is 0.0304. The van der Waals surface area contributed by atoms with Crippen LogP contribution in [0.25, 0.3) is 0 Å². The van der Waals surface area contributed by atoms with Gasteiger partial charge in [0, 0.05) is 18.2 Å². The van der Waals surface area contributed by atoms with Gasteiger partial charge in [-0.25, -0.2) is 0 Å². The lowest BCUT2D eigenvalue weighted by atomic mass is 10.0. The van der Waals surface area contributed by atoms with Gasteiger partial charge in [-0.15, -0.1) is 0 Å². The molecular formula is C18H26N2O3. The van der Waals surface area contributed by atoms with E-state index >= 15 is 0 Å². The number of hydrogen-bond donors (Lipinski definition) is 3. The van der Waals surface area contributed by atoms with Gasteiger partial charge in [-0.2, -0.15) is 0 Å². The molecule has 0 aliphatic heterocycles. The van der Waals surface area contributed by atoms with Gasteiger partial charge in [0.2, 0.25) is 11.8 Å². The van der Waals surface area contributed by atoms with Gasteiger partial charge in [0.25, 0.3) is 0 Å². The number of rotatable bonds is 8. The molecule has 1 aliphatic carbocycles. The fourth-order valence-electron chi connectivity index (χ4n) is 2.50. The summed E-state index contributed by atoms with van der Waals surface area (Å²) >= 11 is 0. The van der Waals surface area contributed by atoms with Crippen molar-refractivity contribution in [2.75, 3.05) is 11.9 Å². The minimum Gasteiger partial charge on any atom is -0.393 e. The fraction of sp³-hybridized carbons (Fsp3) is 0.556. The highest BCUT2D eigenvalue weighted by molar-refractivity contribution is 5.94. The Kier molecular flexibility index (Phi) is 6.16. The average Bonchev–Trinajstić information content (AvgIpc) is 3.31. The lowest BCUT2D eigenvalue weighted by Crippen LogP contribution is -2.30. The van der Waals surface area contributed by atoms with E-state index in [0.29, 0.717) is 19.4 Å². The van der Waals surface area contributed by atoms with Crippen LogP contribution >= 0.6 is 0 Å². The van der Waals surface area contributed by atoms with Gasteiger partial charge < -0.3 is 15.7 Å². The van der Waals surface area contributed by atoms with Gasteiger partial charge in [-0.3, -0.25) is 9.59 Å². The summed E-state index contributed by atoms with van der Waals surface area (Å²) in [4.78, 5) is 23.6. The van der Waals surface area contributed by atoms with Gasteiger partial charge in [-0.1, -0.05) is 19.1 Å². The van der Waals surface area contributed by atoms with E-state index in [1.807, 2.05) is 31.2 Å². The average molecular weight is 318 g/mol. The number of aliphatic hydroxyl groups excluding tert-OH is 1. The maximum atomic E-state index is 11.9. The first kappa shape index (κ1) is 17.5. The maximum absolute atomic E-state index is 11.9. The second-order valence-corrected chi connectivity index (χ2v) is 6.63. The second kappa shape index (κ2) is 8.11. The Labute approximate surface area is 137 Å². The Morgan fingerprint density at radius 3 is 2.43 bits per heavy atom. The number of carbonyl (C=O) groups is 2. The van der Waals surface area contributed by atoms with Crippen molar-refractivity contribution in [3.8, 4) is 0 Å². The molecule has 126 valence electrons. The first-order valence-electron chi connectivity index (χ1n) is 8.28. The third kappa shape index (κ3) is 6.40. The van der Waals surface area contributed by atoms with E-state index in [1.54, 1.807) is 6.92 Å². The number of hydrogen-bond acceptors (Lipinski definition) is 3. The van der Waals surface area contributed by atoms with Crippen LogP contribution in [0.1, 0.15) is 38.7 Å². The van der Waals surface area contributed by atoms with Gasteiger partial charge >= 0.3 is 0 Å². The van der Waals surface area contributed by atoms with E-state index in [4.69, 9.17) is 0 Å². The Balaban J connectivity index is 1.74. The highest BCUT2D eigenvalue weighted by atomic mass is 16.3. The van der Waals surface area contributed by atoms with Crippen LogP contribution in [0.5, 0.6) is 0 Å². The van der Waals surface area contributed by atoms with Crippen molar-refractivity contribution in [2.45, 2.75) is 45.6 Å². The molecule has 1 aliphatic rings. The topological polar surface area (TPSA) is 78.4 Å². The third-order valence-corrected chi connectivity index (χ3v) is 3.93. The molecule has 5 nitrogen and oxygen atoms in total. The molecule has 0 bridgehead atoms. The van der Waals surface area contributed by atoms with Crippen molar-refractivity contribution in [3.63, 3.8) is 0 Å². The number of carbonyl (C=O) groups excluding carboxylic acids is 2. The molecule has 2 amide bonds. The Morgan fingerprint density at radius 2 is 1.87 bits per heavy atom. The van der Waals surface area contributed by atoms with Gasteiger partial charge in [0.1, 0.15) is 0 Å². The van der Waals surface area contributed by atoms with E-state index < -0.39 is 0 Å². The summed E-state index contributed by atoms with van der Waals surface area (Å²) in [5.74, 6) is 0.489. The molecule has 3 N–H and O–H groups in total. The molecule has 1 fully saturated rings. The zero-order valence-electron chi connectivity index (χ0n) is 13.8. The number of aliphatic hydroxyl groups is 1. The lowest BCUT2D eigenvalue weighted by Gasteiger charge is -2.14. The maximum Gasteiger partial charge on any atom is 0.227 e.